The third-order valence-electron chi connectivity index (χ3n) is 4.96. The fraction of sp³-hybridized carbons (Fsp3) is 0.522. The summed E-state index contributed by atoms with van der Waals surface area (Å²) in [5.74, 6) is 1.01. The van der Waals surface area contributed by atoms with Crippen molar-refractivity contribution in [2.24, 2.45) is 5.92 Å². The van der Waals surface area contributed by atoms with Crippen LogP contribution < -0.4 is 10.1 Å². The maximum absolute atomic E-state index is 13.1. The lowest BCUT2D eigenvalue weighted by Gasteiger charge is -2.23. The molecule has 0 radical (unpaired) electrons. The van der Waals surface area contributed by atoms with Crippen LogP contribution in [0, 0.1) is 5.92 Å². The number of carbonyl (C=O) groups excluding carboxylic acids is 2. The molecule has 1 saturated heterocycles. The SMILES string of the molecule is COc1cccc(-c2cc(C(=O)N(CCC(=O)NCCC3OCCO3)CC(C)C)no2)c1. The van der Waals surface area contributed by atoms with E-state index in [9.17, 15) is 9.59 Å². The topological polar surface area (TPSA) is 103 Å². The maximum atomic E-state index is 13.1. The molecule has 3 rings (SSSR count). The molecule has 1 aromatic heterocycles. The number of nitrogens with one attached hydrogen (secondary N) is 1. The molecule has 0 atom stereocenters. The molecule has 1 N–H and O–H groups in total. The van der Waals surface area contributed by atoms with E-state index in [1.807, 2.05) is 38.1 Å². The standard InChI is InChI=1S/C23H31N3O6/c1-16(2)15-26(10-8-21(27)24-9-7-22-30-11-12-31-22)23(28)19-14-20(32-25-19)17-5-4-6-18(13-17)29-3/h4-6,13-14,16,22H,7-12,15H2,1-3H3,(H,24,27). The third kappa shape index (κ3) is 6.80. The van der Waals surface area contributed by atoms with Gasteiger partial charge in [-0.3, -0.25) is 9.59 Å². The lowest BCUT2D eigenvalue weighted by atomic mass is 10.1. The molecule has 9 nitrogen and oxygen atoms in total. The fourth-order valence-corrected chi connectivity index (χ4v) is 3.40. The highest BCUT2D eigenvalue weighted by molar-refractivity contribution is 5.93. The van der Waals surface area contributed by atoms with Crippen molar-refractivity contribution in [3.8, 4) is 17.1 Å². The minimum absolute atomic E-state index is 0.123. The zero-order valence-corrected chi connectivity index (χ0v) is 18.8. The average molecular weight is 446 g/mol. The van der Waals surface area contributed by atoms with Gasteiger partial charge in [-0.2, -0.15) is 0 Å². The van der Waals surface area contributed by atoms with Gasteiger partial charge in [0, 0.05) is 44.1 Å². The van der Waals surface area contributed by atoms with E-state index in [0.29, 0.717) is 50.8 Å². The number of amides is 2. The van der Waals surface area contributed by atoms with E-state index in [2.05, 4.69) is 10.5 Å². The van der Waals surface area contributed by atoms with Crippen molar-refractivity contribution in [3.05, 3.63) is 36.0 Å². The molecule has 0 spiro atoms. The van der Waals surface area contributed by atoms with Crippen molar-refractivity contribution in [1.29, 1.82) is 0 Å². The van der Waals surface area contributed by atoms with Crippen molar-refractivity contribution in [2.45, 2.75) is 33.0 Å². The molecule has 1 aliphatic heterocycles. The average Bonchev–Trinajstić information content (AvgIpc) is 3.48. The van der Waals surface area contributed by atoms with Crippen LogP contribution >= 0.6 is 0 Å². The Morgan fingerprint density at radius 3 is 2.75 bits per heavy atom. The smallest absolute Gasteiger partial charge is 0.276 e. The molecular formula is C23H31N3O6. The van der Waals surface area contributed by atoms with Crippen molar-refractivity contribution in [3.63, 3.8) is 0 Å². The van der Waals surface area contributed by atoms with E-state index in [-0.39, 0.29) is 36.1 Å². The van der Waals surface area contributed by atoms with E-state index < -0.39 is 0 Å². The van der Waals surface area contributed by atoms with Crippen molar-refractivity contribution >= 4 is 11.8 Å². The Kier molecular flexibility index (Phi) is 8.64. The van der Waals surface area contributed by atoms with Gasteiger partial charge >= 0.3 is 0 Å². The fourth-order valence-electron chi connectivity index (χ4n) is 3.40. The molecule has 174 valence electrons. The van der Waals surface area contributed by atoms with Crippen LogP contribution in [-0.2, 0) is 14.3 Å². The van der Waals surface area contributed by atoms with Crippen molar-refractivity contribution < 1.29 is 28.3 Å². The van der Waals surface area contributed by atoms with Gasteiger partial charge in [-0.05, 0) is 18.1 Å². The first-order valence-electron chi connectivity index (χ1n) is 10.9. The Hall–Kier alpha value is -2.91. The molecule has 2 aromatic rings. The van der Waals surface area contributed by atoms with Gasteiger partial charge in [0.15, 0.2) is 17.7 Å². The zero-order chi connectivity index (χ0) is 22.9. The van der Waals surface area contributed by atoms with Crippen molar-refractivity contribution in [2.75, 3.05) is 40.0 Å². The van der Waals surface area contributed by atoms with Gasteiger partial charge in [0.2, 0.25) is 5.91 Å². The number of hydrogen-bond donors (Lipinski definition) is 1. The molecule has 0 bridgehead atoms. The third-order valence-corrected chi connectivity index (χ3v) is 4.96. The van der Waals surface area contributed by atoms with E-state index in [4.69, 9.17) is 18.7 Å². The number of rotatable bonds is 11. The first kappa shape index (κ1) is 23.7. The predicted molar refractivity (Wildman–Crippen MR) is 117 cm³/mol. The summed E-state index contributed by atoms with van der Waals surface area (Å²) < 4.78 is 21.3. The first-order chi connectivity index (χ1) is 15.5. The Morgan fingerprint density at radius 2 is 2.03 bits per heavy atom. The molecule has 1 aliphatic rings. The monoisotopic (exact) mass is 445 g/mol. The van der Waals surface area contributed by atoms with Crippen LogP contribution in [0.3, 0.4) is 0 Å². The molecule has 2 heterocycles. The Bertz CT molecular complexity index is 891. The molecule has 1 aromatic carbocycles. The molecular weight excluding hydrogens is 414 g/mol. The van der Waals surface area contributed by atoms with Gasteiger partial charge in [0.25, 0.3) is 5.91 Å². The van der Waals surface area contributed by atoms with Crippen LogP contribution in [0.15, 0.2) is 34.9 Å². The minimum atomic E-state index is -0.267. The van der Waals surface area contributed by atoms with Crippen LogP contribution in [-0.4, -0.2) is 68.1 Å². The number of aromatic nitrogens is 1. The predicted octanol–water partition coefficient (Wildman–Crippen LogP) is 2.72. The summed E-state index contributed by atoms with van der Waals surface area (Å²) in [5.41, 5.74) is 0.973. The van der Waals surface area contributed by atoms with Gasteiger partial charge < -0.3 is 29.0 Å². The first-order valence-corrected chi connectivity index (χ1v) is 10.9. The summed E-state index contributed by atoms with van der Waals surface area (Å²) in [5, 5.41) is 6.81. The summed E-state index contributed by atoms with van der Waals surface area (Å²) in [6, 6.07) is 8.95. The summed E-state index contributed by atoms with van der Waals surface area (Å²) in [6.45, 7) is 6.49. The number of hydrogen-bond acceptors (Lipinski definition) is 7. The highest BCUT2D eigenvalue weighted by atomic mass is 16.7. The number of nitrogens with zero attached hydrogens (tertiary/aromatic N) is 2. The second-order valence-electron chi connectivity index (χ2n) is 8.01. The lowest BCUT2D eigenvalue weighted by molar-refractivity contribution is -0.121. The quantitative estimate of drug-likeness (QED) is 0.567. The summed E-state index contributed by atoms with van der Waals surface area (Å²) in [4.78, 5) is 26.9. The van der Waals surface area contributed by atoms with Crippen LogP contribution in [0.4, 0.5) is 0 Å². The number of methoxy groups -OCH3 is 1. The lowest BCUT2D eigenvalue weighted by Crippen LogP contribution is -2.38. The van der Waals surface area contributed by atoms with Gasteiger partial charge in [-0.15, -0.1) is 0 Å². The molecule has 9 heteroatoms. The van der Waals surface area contributed by atoms with Crippen molar-refractivity contribution in [1.82, 2.24) is 15.4 Å². The van der Waals surface area contributed by atoms with Crippen LogP contribution in [0.5, 0.6) is 5.75 Å². The molecule has 1 fully saturated rings. The van der Waals surface area contributed by atoms with E-state index in [1.165, 1.54) is 0 Å². The van der Waals surface area contributed by atoms with Gasteiger partial charge in [-0.1, -0.05) is 31.1 Å². The molecule has 0 aliphatic carbocycles. The van der Waals surface area contributed by atoms with Gasteiger partial charge in [-0.25, -0.2) is 0 Å². The van der Waals surface area contributed by atoms with Crippen LogP contribution in [0.1, 0.15) is 37.2 Å². The summed E-state index contributed by atoms with van der Waals surface area (Å²) in [6.07, 6.45) is 0.554. The summed E-state index contributed by atoms with van der Waals surface area (Å²) >= 11 is 0. The zero-order valence-electron chi connectivity index (χ0n) is 18.8. The normalized spacial score (nSPS) is 14.0. The van der Waals surface area contributed by atoms with Gasteiger partial charge in [0.1, 0.15) is 5.75 Å². The highest BCUT2D eigenvalue weighted by Gasteiger charge is 2.22. The number of ether oxygens (including phenoxy) is 3. The Morgan fingerprint density at radius 1 is 1.25 bits per heavy atom. The Labute approximate surface area is 188 Å². The largest absolute Gasteiger partial charge is 0.497 e. The summed E-state index contributed by atoms with van der Waals surface area (Å²) in [7, 11) is 1.59. The van der Waals surface area contributed by atoms with E-state index >= 15 is 0 Å². The molecule has 32 heavy (non-hydrogen) atoms. The highest BCUT2D eigenvalue weighted by Crippen LogP contribution is 2.25. The number of carbonyl (C=O) groups is 2. The van der Waals surface area contributed by atoms with Crippen LogP contribution in [0.2, 0.25) is 0 Å². The second kappa shape index (κ2) is 11.6. The Balaban J connectivity index is 1.57. The molecule has 0 unspecified atom stereocenters. The van der Waals surface area contributed by atoms with E-state index in [0.717, 1.165) is 5.56 Å². The number of benzene rings is 1. The van der Waals surface area contributed by atoms with E-state index in [1.54, 1.807) is 18.1 Å². The molecule has 0 saturated carbocycles. The van der Waals surface area contributed by atoms with Crippen LogP contribution in [0.25, 0.3) is 11.3 Å². The second-order valence-corrected chi connectivity index (χ2v) is 8.01. The maximum Gasteiger partial charge on any atom is 0.276 e. The van der Waals surface area contributed by atoms with Gasteiger partial charge in [0.05, 0.1) is 20.3 Å². The molecule has 2 amide bonds. The minimum Gasteiger partial charge on any atom is -0.497 e.